The van der Waals surface area contributed by atoms with Gasteiger partial charge in [0.1, 0.15) is 11.6 Å². The smallest absolute Gasteiger partial charge is 0.123 e. The highest BCUT2D eigenvalue weighted by Gasteiger charge is 2.03. The molecule has 0 unspecified atom stereocenters. The van der Waals surface area contributed by atoms with E-state index in [1.165, 1.54) is 24.3 Å². The number of rotatable bonds is 3. The van der Waals surface area contributed by atoms with E-state index in [1.807, 2.05) is 12.3 Å². The maximum absolute atomic E-state index is 13.1. The molecule has 3 rings (SSSR count). The van der Waals surface area contributed by atoms with Gasteiger partial charge in [-0.15, -0.1) is 0 Å². The Balaban J connectivity index is 1.82. The van der Waals surface area contributed by atoms with E-state index in [-0.39, 0.29) is 11.6 Å². The minimum Gasteiger partial charge on any atom is -0.268 e. The average molecular weight is 270 g/mol. The summed E-state index contributed by atoms with van der Waals surface area (Å²) in [6, 6.07) is 12.7. The predicted octanol–water partition coefficient (Wildman–Crippen LogP) is 3.88. The number of benzene rings is 2. The van der Waals surface area contributed by atoms with Gasteiger partial charge in [0.15, 0.2) is 0 Å². The van der Waals surface area contributed by atoms with Crippen LogP contribution < -0.4 is 0 Å². The molecule has 0 aliphatic rings. The second-order valence-electron chi connectivity index (χ2n) is 4.56. The number of hydrogen-bond donors (Lipinski definition) is 0. The van der Waals surface area contributed by atoms with Crippen LogP contribution in [0.3, 0.4) is 0 Å². The minimum absolute atomic E-state index is 0.256. The van der Waals surface area contributed by atoms with Crippen molar-refractivity contribution in [1.29, 1.82) is 0 Å². The van der Waals surface area contributed by atoms with Crippen molar-refractivity contribution in [2.24, 2.45) is 0 Å². The third-order valence-electron chi connectivity index (χ3n) is 3.04. The van der Waals surface area contributed by atoms with Crippen LogP contribution in [0.2, 0.25) is 0 Å². The van der Waals surface area contributed by atoms with Crippen LogP contribution in [-0.4, -0.2) is 9.78 Å². The fourth-order valence-corrected chi connectivity index (χ4v) is 2.06. The van der Waals surface area contributed by atoms with Crippen molar-refractivity contribution in [2.75, 3.05) is 0 Å². The Morgan fingerprint density at radius 3 is 2.45 bits per heavy atom. The molecule has 0 radical (unpaired) electrons. The first kappa shape index (κ1) is 12.5. The molecule has 2 nitrogen and oxygen atoms in total. The van der Waals surface area contributed by atoms with Crippen molar-refractivity contribution in [3.8, 4) is 11.1 Å². The summed E-state index contributed by atoms with van der Waals surface area (Å²) in [6.45, 7) is 0.499. The van der Waals surface area contributed by atoms with Crippen LogP contribution in [0.25, 0.3) is 11.1 Å². The van der Waals surface area contributed by atoms with Gasteiger partial charge in [-0.3, -0.25) is 4.68 Å². The average Bonchev–Trinajstić information content (AvgIpc) is 2.88. The van der Waals surface area contributed by atoms with Gasteiger partial charge in [0.05, 0.1) is 12.7 Å². The van der Waals surface area contributed by atoms with Gasteiger partial charge in [0, 0.05) is 11.8 Å². The van der Waals surface area contributed by atoms with Crippen LogP contribution in [0, 0.1) is 11.6 Å². The van der Waals surface area contributed by atoms with E-state index in [0.29, 0.717) is 6.54 Å². The summed E-state index contributed by atoms with van der Waals surface area (Å²) in [5.74, 6) is -0.519. The van der Waals surface area contributed by atoms with Gasteiger partial charge >= 0.3 is 0 Å². The standard InChI is InChI=1S/C16H12F2N2/c17-15-6-4-13(5-7-15)14-9-19-20(11-14)10-12-2-1-3-16(18)8-12/h1-9,11H,10H2. The lowest BCUT2D eigenvalue weighted by Crippen LogP contribution is -1.99. The van der Waals surface area contributed by atoms with Gasteiger partial charge in [-0.1, -0.05) is 24.3 Å². The molecule has 0 atom stereocenters. The molecule has 0 saturated carbocycles. The Hall–Kier alpha value is -2.49. The Labute approximate surface area is 115 Å². The quantitative estimate of drug-likeness (QED) is 0.706. The van der Waals surface area contributed by atoms with Gasteiger partial charge in [-0.05, 0) is 35.4 Å². The van der Waals surface area contributed by atoms with E-state index in [4.69, 9.17) is 0 Å². The lowest BCUT2D eigenvalue weighted by molar-refractivity contribution is 0.619. The zero-order valence-electron chi connectivity index (χ0n) is 10.6. The molecule has 0 spiro atoms. The number of hydrogen-bond acceptors (Lipinski definition) is 1. The first-order chi connectivity index (χ1) is 9.70. The molecule has 0 aliphatic carbocycles. The fraction of sp³-hybridized carbons (Fsp3) is 0.0625. The summed E-state index contributed by atoms with van der Waals surface area (Å²) in [6.07, 6.45) is 3.57. The van der Waals surface area contributed by atoms with Gasteiger partial charge in [-0.2, -0.15) is 5.10 Å². The van der Waals surface area contributed by atoms with Crippen molar-refractivity contribution in [2.45, 2.75) is 6.54 Å². The van der Waals surface area contributed by atoms with Crippen molar-refractivity contribution in [3.63, 3.8) is 0 Å². The predicted molar refractivity (Wildman–Crippen MR) is 73.1 cm³/mol. The molecule has 2 aromatic carbocycles. The van der Waals surface area contributed by atoms with Crippen LogP contribution in [0.1, 0.15) is 5.56 Å². The molecule has 0 N–H and O–H groups in total. The topological polar surface area (TPSA) is 17.8 Å². The lowest BCUT2D eigenvalue weighted by Gasteiger charge is -2.01. The summed E-state index contributed by atoms with van der Waals surface area (Å²) >= 11 is 0. The monoisotopic (exact) mass is 270 g/mol. The van der Waals surface area contributed by atoms with Crippen LogP contribution in [0.5, 0.6) is 0 Å². The summed E-state index contributed by atoms with van der Waals surface area (Å²) in [4.78, 5) is 0. The minimum atomic E-state index is -0.263. The Bertz CT molecular complexity index is 717. The highest BCUT2D eigenvalue weighted by Crippen LogP contribution is 2.19. The molecule has 100 valence electrons. The normalized spacial score (nSPS) is 10.7. The highest BCUT2D eigenvalue weighted by atomic mass is 19.1. The molecule has 4 heteroatoms. The number of aromatic nitrogens is 2. The summed E-state index contributed by atoms with van der Waals surface area (Å²) in [7, 11) is 0. The van der Waals surface area contributed by atoms with E-state index in [9.17, 15) is 8.78 Å². The van der Waals surface area contributed by atoms with Crippen molar-refractivity contribution < 1.29 is 8.78 Å². The Kier molecular flexibility index (Phi) is 3.29. The summed E-state index contributed by atoms with van der Waals surface area (Å²) < 4.78 is 27.7. The van der Waals surface area contributed by atoms with Crippen LogP contribution in [0.15, 0.2) is 60.9 Å². The Morgan fingerprint density at radius 2 is 1.70 bits per heavy atom. The zero-order valence-corrected chi connectivity index (χ0v) is 10.6. The molecule has 0 fully saturated rings. The van der Waals surface area contributed by atoms with E-state index in [1.54, 1.807) is 29.1 Å². The van der Waals surface area contributed by atoms with E-state index in [0.717, 1.165) is 16.7 Å². The lowest BCUT2D eigenvalue weighted by atomic mass is 10.1. The molecule has 1 heterocycles. The maximum atomic E-state index is 13.1. The molecule has 0 bridgehead atoms. The van der Waals surface area contributed by atoms with Crippen LogP contribution in [-0.2, 0) is 6.54 Å². The highest BCUT2D eigenvalue weighted by molar-refractivity contribution is 5.61. The largest absolute Gasteiger partial charge is 0.268 e. The SMILES string of the molecule is Fc1ccc(-c2cnn(Cc3cccc(F)c3)c2)cc1. The third kappa shape index (κ3) is 2.74. The molecule has 0 aliphatic heterocycles. The van der Waals surface area contributed by atoms with Gasteiger partial charge < -0.3 is 0 Å². The van der Waals surface area contributed by atoms with Crippen molar-refractivity contribution in [1.82, 2.24) is 9.78 Å². The molecular formula is C16H12F2N2. The first-order valence-corrected chi connectivity index (χ1v) is 6.23. The second kappa shape index (κ2) is 5.25. The van der Waals surface area contributed by atoms with Gasteiger partial charge in [0.25, 0.3) is 0 Å². The molecular weight excluding hydrogens is 258 g/mol. The zero-order chi connectivity index (χ0) is 13.9. The first-order valence-electron chi connectivity index (χ1n) is 6.23. The van der Waals surface area contributed by atoms with Crippen molar-refractivity contribution >= 4 is 0 Å². The fourth-order valence-electron chi connectivity index (χ4n) is 2.06. The molecule has 0 saturated heterocycles. The Morgan fingerprint density at radius 1 is 0.900 bits per heavy atom. The van der Waals surface area contributed by atoms with Crippen LogP contribution >= 0.6 is 0 Å². The summed E-state index contributed by atoms with van der Waals surface area (Å²) in [5, 5.41) is 4.24. The van der Waals surface area contributed by atoms with Crippen LogP contribution in [0.4, 0.5) is 8.78 Å². The van der Waals surface area contributed by atoms with E-state index < -0.39 is 0 Å². The summed E-state index contributed by atoms with van der Waals surface area (Å²) in [5.41, 5.74) is 2.65. The van der Waals surface area contributed by atoms with E-state index in [2.05, 4.69) is 5.10 Å². The molecule has 20 heavy (non-hydrogen) atoms. The molecule has 3 aromatic rings. The van der Waals surface area contributed by atoms with E-state index >= 15 is 0 Å². The number of halogens is 2. The number of nitrogens with zero attached hydrogens (tertiary/aromatic N) is 2. The molecule has 1 aromatic heterocycles. The van der Waals surface area contributed by atoms with Crippen molar-refractivity contribution in [3.05, 3.63) is 78.1 Å². The molecule has 0 amide bonds. The second-order valence-corrected chi connectivity index (χ2v) is 4.56. The third-order valence-corrected chi connectivity index (χ3v) is 3.04. The van der Waals surface area contributed by atoms with Gasteiger partial charge in [0.2, 0.25) is 0 Å². The maximum Gasteiger partial charge on any atom is 0.123 e. The van der Waals surface area contributed by atoms with Gasteiger partial charge in [-0.25, -0.2) is 8.78 Å².